The van der Waals surface area contributed by atoms with E-state index in [4.69, 9.17) is 12.2 Å². The van der Waals surface area contributed by atoms with Crippen LogP contribution >= 0.6 is 12.2 Å². The average Bonchev–Trinajstić information content (AvgIpc) is 3.03. The topological polar surface area (TPSA) is 91.3 Å². The van der Waals surface area contributed by atoms with Crippen LogP contribution in [0.3, 0.4) is 0 Å². The van der Waals surface area contributed by atoms with Crippen LogP contribution in [0.5, 0.6) is 0 Å². The van der Waals surface area contributed by atoms with E-state index in [1.807, 2.05) is 6.07 Å². The summed E-state index contributed by atoms with van der Waals surface area (Å²) in [6.45, 7) is 1.64. The molecule has 0 radical (unpaired) electrons. The number of aromatic nitrogens is 2. The molecule has 0 saturated carbocycles. The first-order valence-electron chi connectivity index (χ1n) is 8.66. The van der Waals surface area contributed by atoms with Gasteiger partial charge in [-0.3, -0.25) is 20.1 Å². The molecule has 0 bridgehead atoms. The van der Waals surface area contributed by atoms with Gasteiger partial charge in [-0.1, -0.05) is 30.3 Å². The largest absolute Gasteiger partial charge is 0.364 e. The predicted molar refractivity (Wildman–Crippen MR) is 113 cm³/mol. The van der Waals surface area contributed by atoms with Gasteiger partial charge in [0.05, 0.1) is 16.8 Å². The molecule has 0 aliphatic heterocycles. The Hall–Kier alpha value is -3.59. The molecule has 0 aliphatic rings. The highest BCUT2D eigenvalue weighted by Crippen LogP contribution is 2.14. The first-order valence-corrected chi connectivity index (χ1v) is 9.07. The fraction of sp³-hybridized carbons (Fsp3) is 0.100. The van der Waals surface area contributed by atoms with Gasteiger partial charge in [-0.05, 0) is 43.4 Å². The van der Waals surface area contributed by atoms with Gasteiger partial charge in [-0.2, -0.15) is 5.10 Å². The minimum Gasteiger partial charge on any atom is -0.364 e. The predicted octanol–water partition coefficient (Wildman–Crippen LogP) is 2.29. The Morgan fingerprint density at radius 1 is 1.14 bits per heavy atom. The molecular formula is C20H18FN5O2S. The van der Waals surface area contributed by atoms with Gasteiger partial charge in [0.2, 0.25) is 5.78 Å². The SMILES string of the molecule is CNC(=S)N/N=C(/C(=O)c1ccccc1F)c1c(C)[nH]n(-c2ccccc2)c1=O. The van der Waals surface area contributed by atoms with Crippen LogP contribution in [-0.2, 0) is 0 Å². The van der Waals surface area contributed by atoms with Crippen molar-refractivity contribution in [1.82, 2.24) is 20.5 Å². The lowest BCUT2D eigenvalue weighted by Gasteiger charge is -2.07. The summed E-state index contributed by atoms with van der Waals surface area (Å²) in [4.78, 5) is 26.2. The molecular weight excluding hydrogens is 393 g/mol. The van der Waals surface area contributed by atoms with Gasteiger partial charge >= 0.3 is 0 Å². The Morgan fingerprint density at radius 3 is 2.45 bits per heavy atom. The van der Waals surface area contributed by atoms with Crippen LogP contribution in [0.1, 0.15) is 21.6 Å². The highest BCUT2D eigenvalue weighted by atomic mass is 32.1. The quantitative estimate of drug-likeness (QED) is 0.259. The van der Waals surface area contributed by atoms with E-state index in [2.05, 4.69) is 20.9 Å². The van der Waals surface area contributed by atoms with E-state index in [9.17, 15) is 14.0 Å². The maximum atomic E-state index is 14.2. The Bertz CT molecular complexity index is 1150. The van der Waals surface area contributed by atoms with Crippen LogP contribution in [0.25, 0.3) is 5.69 Å². The number of H-pyrrole nitrogens is 1. The molecule has 0 saturated heterocycles. The molecule has 7 nitrogen and oxygen atoms in total. The van der Waals surface area contributed by atoms with Crippen molar-refractivity contribution in [3.05, 3.63) is 87.6 Å². The summed E-state index contributed by atoms with van der Waals surface area (Å²) in [6, 6.07) is 14.4. The second-order valence-electron chi connectivity index (χ2n) is 6.05. The fourth-order valence-corrected chi connectivity index (χ4v) is 2.79. The summed E-state index contributed by atoms with van der Waals surface area (Å²) >= 11 is 4.99. The Morgan fingerprint density at radius 2 is 1.79 bits per heavy atom. The monoisotopic (exact) mass is 411 g/mol. The number of halogens is 1. The Balaban J connectivity index is 2.16. The van der Waals surface area contributed by atoms with Gasteiger partial charge in [0.25, 0.3) is 5.56 Å². The summed E-state index contributed by atoms with van der Waals surface area (Å²) in [7, 11) is 1.58. The van der Waals surface area contributed by atoms with Crippen LogP contribution in [0.15, 0.2) is 64.5 Å². The van der Waals surface area contributed by atoms with Gasteiger partial charge in [0.1, 0.15) is 11.5 Å². The number of carbonyl (C=O) groups is 1. The van der Waals surface area contributed by atoms with E-state index in [1.165, 1.54) is 28.9 Å². The summed E-state index contributed by atoms with van der Waals surface area (Å²) in [5, 5.41) is 9.76. The molecule has 1 aromatic heterocycles. The molecule has 0 fully saturated rings. The third kappa shape index (κ3) is 4.14. The van der Waals surface area contributed by atoms with Crippen molar-refractivity contribution in [3.8, 4) is 5.69 Å². The van der Waals surface area contributed by atoms with Crippen molar-refractivity contribution in [1.29, 1.82) is 0 Å². The molecule has 3 N–H and O–H groups in total. The van der Waals surface area contributed by atoms with Crippen molar-refractivity contribution in [2.75, 3.05) is 7.05 Å². The van der Waals surface area contributed by atoms with Gasteiger partial charge in [0, 0.05) is 12.7 Å². The number of Topliss-reactive ketones (excluding diaryl/α,β-unsaturated/α-hetero) is 1. The van der Waals surface area contributed by atoms with E-state index in [1.54, 1.807) is 38.2 Å². The van der Waals surface area contributed by atoms with Crippen LogP contribution in [0, 0.1) is 12.7 Å². The smallest absolute Gasteiger partial charge is 0.281 e. The summed E-state index contributed by atoms with van der Waals surface area (Å²) in [6.07, 6.45) is 0. The number of carbonyl (C=O) groups excluding carboxylic acids is 1. The van der Waals surface area contributed by atoms with Crippen LogP contribution in [0.2, 0.25) is 0 Å². The van der Waals surface area contributed by atoms with E-state index >= 15 is 0 Å². The first-order chi connectivity index (χ1) is 13.9. The lowest BCUT2D eigenvalue weighted by molar-refractivity contribution is 0.106. The number of aryl methyl sites for hydroxylation is 1. The second-order valence-corrected chi connectivity index (χ2v) is 6.46. The number of hydrazone groups is 1. The molecule has 2 aromatic carbocycles. The number of ketones is 1. The Labute approximate surface area is 171 Å². The van der Waals surface area contributed by atoms with Crippen molar-refractivity contribution in [2.45, 2.75) is 6.92 Å². The molecule has 0 amide bonds. The number of nitrogens with zero attached hydrogens (tertiary/aromatic N) is 2. The maximum absolute atomic E-state index is 14.2. The lowest BCUT2D eigenvalue weighted by atomic mass is 10.0. The molecule has 148 valence electrons. The normalized spacial score (nSPS) is 11.2. The van der Waals surface area contributed by atoms with E-state index in [0.717, 1.165) is 0 Å². The number of benzene rings is 2. The molecule has 3 rings (SSSR count). The van der Waals surface area contributed by atoms with E-state index in [0.29, 0.717) is 11.4 Å². The van der Waals surface area contributed by atoms with E-state index < -0.39 is 17.2 Å². The number of hydrogen-bond acceptors (Lipinski definition) is 4. The maximum Gasteiger partial charge on any atom is 0.281 e. The van der Waals surface area contributed by atoms with Crippen molar-refractivity contribution in [3.63, 3.8) is 0 Å². The highest BCUT2D eigenvalue weighted by Gasteiger charge is 2.26. The molecule has 9 heteroatoms. The average molecular weight is 411 g/mol. The zero-order valence-corrected chi connectivity index (χ0v) is 16.5. The summed E-state index contributed by atoms with van der Waals surface area (Å²) < 4.78 is 15.5. The zero-order valence-electron chi connectivity index (χ0n) is 15.7. The number of aromatic amines is 1. The molecule has 0 aliphatic carbocycles. The van der Waals surface area contributed by atoms with Crippen molar-refractivity contribution >= 4 is 28.8 Å². The minimum atomic E-state index is -0.742. The van der Waals surface area contributed by atoms with Gasteiger partial charge < -0.3 is 5.32 Å². The summed E-state index contributed by atoms with van der Waals surface area (Å²) in [5.41, 5.74) is 2.58. The fourth-order valence-electron chi connectivity index (χ4n) is 2.74. The number of nitrogens with one attached hydrogen (secondary N) is 3. The number of hydrogen-bond donors (Lipinski definition) is 3. The molecule has 0 unspecified atom stereocenters. The van der Waals surface area contributed by atoms with Crippen LogP contribution in [-0.4, -0.2) is 33.4 Å². The van der Waals surface area contributed by atoms with Crippen LogP contribution < -0.4 is 16.3 Å². The number of para-hydroxylation sites is 1. The molecule has 0 spiro atoms. The molecule has 1 heterocycles. The lowest BCUT2D eigenvalue weighted by Crippen LogP contribution is -2.33. The van der Waals surface area contributed by atoms with Crippen molar-refractivity contribution in [2.24, 2.45) is 5.10 Å². The summed E-state index contributed by atoms with van der Waals surface area (Å²) in [5.74, 6) is -1.45. The molecule has 29 heavy (non-hydrogen) atoms. The zero-order chi connectivity index (χ0) is 21.0. The van der Waals surface area contributed by atoms with Gasteiger partial charge in [-0.25, -0.2) is 9.07 Å². The molecule has 0 atom stereocenters. The Kier molecular flexibility index (Phi) is 5.99. The third-order valence-electron chi connectivity index (χ3n) is 4.15. The van der Waals surface area contributed by atoms with Gasteiger partial charge in [0.15, 0.2) is 5.11 Å². The number of rotatable bonds is 5. The molecule has 3 aromatic rings. The standard InChI is InChI=1S/C20H18FN5O2S/c1-12-16(19(28)26(25-12)13-8-4-3-5-9-13)17(23-24-20(29)22-2)18(27)14-10-6-7-11-15(14)21/h3-11,25H,1-2H3,(H2,22,24,29)/b23-17+. The van der Waals surface area contributed by atoms with Crippen LogP contribution in [0.4, 0.5) is 4.39 Å². The second kappa shape index (κ2) is 8.61. The van der Waals surface area contributed by atoms with Crippen molar-refractivity contribution < 1.29 is 9.18 Å². The first kappa shape index (κ1) is 20.2. The third-order valence-corrected chi connectivity index (χ3v) is 4.45. The minimum absolute atomic E-state index is 0.0218. The van der Waals surface area contributed by atoms with Gasteiger partial charge in [-0.15, -0.1) is 0 Å². The van der Waals surface area contributed by atoms with E-state index in [-0.39, 0.29) is 22.0 Å². The highest BCUT2D eigenvalue weighted by molar-refractivity contribution is 7.80. The number of thiocarbonyl (C=S) groups is 1.